The molecule has 1 aliphatic heterocycles. The minimum Gasteiger partial charge on any atom is -0.508 e. The predicted molar refractivity (Wildman–Crippen MR) is 93.2 cm³/mol. The maximum atomic E-state index is 10.8. The maximum Gasteiger partial charge on any atom is 0.157 e. The number of phenolic OH excluding ortho intramolecular Hbond substituents is 4. The number of hydrogen-bond donors (Lipinski definition) is 6. The number of hydrogen-bond acceptors (Lipinski definition) is 8. The van der Waals surface area contributed by atoms with Crippen molar-refractivity contribution < 1.29 is 30.3 Å². The van der Waals surface area contributed by atoms with E-state index >= 15 is 0 Å². The first-order valence-corrected chi connectivity index (χ1v) is 8.71. The van der Waals surface area contributed by atoms with Crippen molar-refractivity contribution in [1.82, 2.24) is 0 Å². The number of phenols is 4. The Morgan fingerprint density at radius 2 is 1.76 bits per heavy atom. The molecule has 2 aromatic carbocycles. The first kappa shape index (κ1) is 17.5. The summed E-state index contributed by atoms with van der Waals surface area (Å²) >= 11 is 1.37. The molecule has 0 spiro atoms. The molecule has 7 nitrogen and oxygen atoms in total. The molecular formula is C17H19NO6S. The number of nitrogens with two attached hydrogens (primary N) is 1. The van der Waals surface area contributed by atoms with Crippen LogP contribution in [0.25, 0.3) is 0 Å². The lowest BCUT2D eigenvalue weighted by Gasteiger charge is -2.37. The maximum absolute atomic E-state index is 10.8. The van der Waals surface area contributed by atoms with Crippen molar-refractivity contribution in [2.45, 2.75) is 17.5 Å². The van der Waals surface area contributed by atoms with Gasteiger partial charge in [0.2, 0.25) is 0 Å². The van der Waals surface area contributed by atoms with E-state index in [1.807, 2.05) is 0 Å². The Morgan fingerprint density at radius 1 is 1.00 bits per heavy atom. The Bertz CT molecular complexity index is 784. The molecule has 0 fully saturated rings. The van der Waals surface area contributed by atoms with Gasteiger partial charge in [-0.1, -0.05) is 6.07 Å². The minimum atomic E-state index is -1.04. The second-order valence-corrected chi connectivity index (χ2v) is 6.98. The average molecular weight is 365 g/mol. The summed E-state index contributed by atoms with van der Waals surface area (Å²) in [6.07, 6.45) is -1.89. The summed E-state index contributed by atoms with van der Waals surface area (Å²) in [5, 5.41) is 49.4. The molecule has 1 aliphatic rings. The predicted octanol–water partition coefficient (Wildman–Crippen LogP) is 1.74. The summed E-state index contributed by atoms with van der Waals surface area (Å²) in [6.45, 7) is 0.396. The number of thioether (sulfide) groups is 1. The number of aliphatic hydroxyl groups is 1. The van der Waals surface area contributed by atoms with E-state index in [0.717, 1.165) is 0 Å². The lowest BCUT2D eigenvalue weighted by Crippen LogP contribution is -2.33. The molecule has 134 valence electrons. The number of rotatable bonds is 4. The lowest BCUT2D eigenvalue weighted by molar-refractivity contribution is 0.0174. The van der Waals surface area contributed by atoms with Crippen LogP contribution in [0.5, 0.6) is 28.7 Å². The van der Waals surface area contributed by atoms with Gasteiger partial charge < -0.3 is 36.0 Å². The number of aromatic hydroxyl groups is 4. The highest BCUT2D eigenvalue weighted by atomic mass is 32.2. The quantitative estimate of drug-likeness (QED) is 0.451. The molecule has 2 aromatic rings. The largest absolute Gasteiger partial charge is 0.508 e. The van der Waals surface area contributed by atoms with Crippen molar-refractivity contribution >= 4 is 11.8 Å². The standard InChI is InChI=1S/C17H19NO6S/c18-3-4-25-17-14-12(22)6-9(19)7-13(14)24-16(15(17)23)8-1-2-10(20)11(21)5-8/h1-2,5-7,15-17,19-23H,3-4,18H2/t15-,16-,17?/m1/s1. The molecule has 8 heteroatoms. The smallest absolute Gasteiger partial charge is 0.157 e. The van der Waals surface area contributed by atoms with Crippen LogP contribution in [-0.4, -0.2) is 43.9 Å². The fourth-order valence-corrected chi connectivity index (χ4v) is 4.01. The van der Waals surface area contributed by atoms with Gasteiger partial charge in [-0.15, -0.1) is 11.8 Å². The summed E-state index contributed by atoms with van der Waals surface area (Å²) in [5.41, 5.74) is 6.40. The van der Waals surface area contributed by atoms with E-state index in [1.54, 1.807) is 0 Å². The van der Waals surface area contributed by atoms with Crippen molar-refractivity contribution in [2.24, 2.45) is 5.73 Å². The zero-order chi connectivity index (χ0) is 18.1. The Morgan fingerprint density at radius 3 is 2.44 bits per heavy atom. The minimum absolute atomic E-state index is 0.164. The van der Waals surface area contributed by atoms with E-state index in [9.17, 15) is 25.5 Å². The van der Waals surface area contributed by atoms with Gasteiger partial charge in [0.15, 0.2) is 17.6 Å². The average Bonchev–Trinajstić information content (AvgIpc) is 2.56. The fraction of sp³-hybridized carbons (Fsp3) is 0.294. The van der Waals surface area contributed by atoms with Gasteiger partial charge in [-0.25, -0.2) is 0 Å². The lowest BCUT2D eigenvalue weighted by atomic mass is 9.93. The second-order valence-electron chi connectivity index (χ2n) is 5.73. The number of ether oxygens (including phenoxy) is 1. The van der Waals surface area contributed by atoms with Crippen molar-refractivity contribution in [2.75, 3.05) is 12.3 Å². The van der Waals surface area contributed by atoms with E-state index in [-0.39, 0.29) is 28.7 Å². The fourth-order valence-electron chi connectivity index (χ4n) is 2.88. The van der Waals surface area contributed by atoms with Crippen LogP contribution in [0, 0.1) is 0 Å². The van der Waals surface area contributed by atoms with Crippen LogP contribution >= 0.6 is 11.8 Å². The Balaban J connectivity index is 2.06. The van der Waals surface area contributed by atoms with Crippen LogP contribution in [0.15, 0.2) is 30.3 Å². The number of aliphatic hydroxyl groups excluding tert-OH is 1. The van der Waals surface area contributed by atoms with E-state index < -0.39 is 17.5 Å². The first-order chi connectivity index (χ1) is 11.9. The van der Waals surface area contributed by atoms with Crippen molar-refractivity contribution in [3.8, 4) is 28.7 Å². The molecule has 1 unspecified atom stereocenters. The monoisotopic (exact) mass is 365 g/mol. The zero-order valence-electron chi connectivity index (χ0n) is 13.2. The van der Waals surface area contributed by atoms with E-state index in [1.165, 1.54) is 42.1 Å². The molecule has 25 heavy (non-hydrogen) atoms. The van der Waals surface area contributed by atoms with Gasteiger partial charge in [0.05, 0.1) is 10.8 Å². The van der Waals surface area contributed by atoms with E-state index in [2.05, 4.69) is 0 Å². The van der Waals surface area contributed by atoms with Gasteiger partial charge in [-0.05, 0) is 17.7 Å². The highest BCUT2D eigenvalue weighted by Crippen LogP contribution is 2.52. The summed E-state index contributed by atoms with van der Waals surface area (Å²) in [7, 11) is 0. The molecule has 0 aliphatic carbocycles. The number of benzene rings is 2. The van der Waals surface area contributed by atoms with Gasteiger partial charge in [0, 0.05) is 24.4 Å². The highest BCUT2D eigenvalue weighted by molar-refractivity contribution is 7.99. The van der Waals surface area contributed by atoms with Crippen LogP contribution in [0.3, 0.4) is 0 Å². The first-order valence-electron chi connectivity index (χ1n) is 7.66. The molecule has 0 saturated heterocycles. The third-order valence-corrected chi connectivity index (χ3v) is 5.35. The van der Waals surface area contributed by atoms with Gasteiger partial charge in [0.25, 0.3) is 0 Å². The summed E-state index contributed by atoms with van der Waals surface area (Å²) in [5.74, 6) is -0.148. The second kappa shape index (κ2) is 6.91. The molecule has 3 rings (SSSR count). The van der Waals surface area contributed by atoms with Gasteiger partial charge in [-0.2, -0.15) is 0 Å². The van der Waals surface area contributed by atoms with Gasteiger partial charge in [0.1, 0.15) is 23.4 Å². The van der Waals surface area contributed by atoms with E-state index in [4.69, 9.17) is 10.5 Å². The van der Waals surface area contributed by atoms with Gasteiger partial charge in [-0.3, -0.25) is 0 Å². The summed E-state index contributed by atoms with van der Waals surface area (Å²) in [4.78, 5) is 0. The van der Waals surface area contributed by atoms with Crippen molar-refractivity contribution in [3.63, 3.8) is 0 Å². The normalized spacial score (nSPS) is 22.2. The summed E-state index contributed by atoms with van der Waals surface area (Å²) < 4.78 is 5.79. The third-order valence-electron chi connectivity index (χ3n) is 4.01. The SMILES string of the molecule is NCCSC1c2c(O)cc(O)cc2O[C@H](c2ccc(O)c(O)c2)[C@H]1O. The van der Waals surface area contributed by atoms with Crippen LogP contribution < -0.4 is 10.5 Å². The van der Waals surface area contributed by atoms with Crippen LogP contribution in [-0.2, 0) is 0 Å². The molecule has 7 N–H and O–H groups in total. The van der Waals surface area contributed by atoms with Gasteiger partial charge >= 0.3 is 0 Å². The van der Waals surface area contributed by atoms with Crippen molar-refractivity contribution in [3.05, 3.63) is 41.5 Å². The zero-order valence-corrected chi connectivity index (χ0v) is 14.0. The van der Waals surface area contributed by atoms with Crippen LogP contribution in [0.4, 0.5) is 0 Å². The molecule has 1 heterocycles. The third kappa shape index (κ3) is 3.28. The topological polar surface area (TPSA) is 136 Å². The highest BCUT2D eigenvalue weighted by Gasteiger charge is 2.40. The molecule has 0 aromatic heterocycles. The molecule has 0 amide bonds. The molecular weight excluding hydrogens is 346 g/mol. The molecule has 0 saturated carbocycles. The Kier molecular flexibility index (Phi) is 4.85. The summed E-state index contributed by atoms with van der Waals surface area (Å²) in [6, 6.07) is 6.70. The molecule has 0 bridgehead atoms. The molecule has 0 radical (unpaired) electrons. The van der Waals surface area contributed by atoms with Crippen LogP contribution in [0.1, 0.15) is 22.5 Å². The van der Waals surface area contributed by atoms with Crippen molar-refractivity contribution in [1.29, 1.82) is 0 Å². The van der Waals surface area contributed by atoms with Crippen LogP contribution in [0.2, 0.25) is 0 Å². The van der Waals surface area contributed by atoms with E-state index in [0.29, 0.717) is 23.4 Å². The Hall–Kier alpha value is -2.29. The molecule has 3 atom stereocenters. The Labute approximate surface area is 148 Å². The number of fused-ring (bicyclic) bond motifs is 1.